The van der Waals surface area contributed by atoms with E-state index in [0.717, 1.165) is 35.3 Å². The molecule has 0 bridgehead atoms. The molecule has 0 spiro atoms. The smallest absolute Gasteiger partial charge is 0.240 e. The number of aryl methyl sites for hydroxylation is 1. The molecule has 0 saturated carbocycles. The van der Waals surface area contributed by atoms with Gasteiger partial charge in [0.15, 0.2) is 0 Å². The number of para-hydroxylation sites is 2. The summed E-state index contributed by atoms with van der Waals surface area (Å²) in [6, 6.07) is 13.7. The summed E-state index contributed by atoms with van der Waals surface area (Å²) in [7, 11) is 0. The van der Waals surface area contributed by atoms with Gasteiger partial charge in [0.1, 0.15) is 18.2 Å². The Bertz CT molecular complexity index is 946. The van der Waals surface area contributed by atoms with E-state index in [4.69, 9.17) is 4.74 Å². The summed E-state index contributed by atoms with van der Waals surface area (Å²) >= 11 is 0. The fourth-order valence-electron chi connectivity index (χ4n) is 3.68. The standard InChI is InChI=1S/C21H22FN3O2/c1-14-23-17-5-2-3-6-18(17)25(14)13-20(26)24-21(19-7-4-12-27-19)15-8-10-16(22)11-9-15/h2-3,5-6,8-11,19,21H,4,7,12-13H2,1H3,(H,24,26)/t19-,21+/m0/s1. The Balaban J connectivity index is 1.56. The Labute approximate surface area is 157 Å². The molecule has 2 aromatic carbocycles. The number of hydrogen-bond acceptors (Lipinski definition) is 3. The predicted molar refractivity (Wildman–Crippen MR) is 101 cm³/mol. The summed E-state index contributed by atoms with van der Waals surface area (Å²) in [5.74, 6) is 0.379. The van der Waals surface area contributed by atoms with Gasteiger partial charge in [0.05, 0.1) is 23.2 Å². The van der Waals surface area contributed by atoms with Crippen molar-refractivity contribution in [2.45, 2.75) is 38.5 Å². The van der Waals surface area contributed by atoms with Crippen molar-refractivity contribution < 1.29 is 13.9 Å². The molecule has 27 heavy (non-hydrogen) atoms. The summed E-state index contributed by atoms with van der Waals surface area (Å²) in [5, 5.41) is 3.09. The minimum atomic E-state index is -0.296. The first kappa shape index (κ1) is 17.7. The molecule has 1 N–H and O–H groups in total. The molecule has 1 aliphatic rings. The molecule has 2 atom stereocenters. The SMILES string of the molecule is Cc1nc2ccccc2n1CC(=O)N[C@H](c1ccc(F)cc1)[C@@H]1CCCO1. The fraction of sp³-hybridized carbons (Fsp3) is 0.333. The number of nitrogens with one attached hydrogen (secondary N) is 1. The maximum Gasteiger partial charge on any atom is 0.240 e. The van der Waals surface area contributed by atoms with Crippen LogP contribution in [-0.4, -0.2) is 28.2 Å². The van der Waals surface area contributed by atoms with Gasteiger partial charge in [-0.15, -0.1) is 0 Å². The number of aromatic nitrogens is 2. The molecule has 1 aliphatic heterocycles. The van der Waals surface area contributed by atoms with Gasteiger partial charge in [-0.05, 0) is 49.6 Å². The van der Waals surface area contributed by atoms with Gasteiger partial charge in [0.2, 0.25) is 5.91 Å². The van der Waals surface area contributed by atoms with Crippen molar-refractivity contribution >= 4 is 16.9 Å². The monoisotopic (exact) mass is 367 g/mol. The summed E-state index contributed by atoms with van der Waals surface area (Å²) in [4.78, 5) is 17.3. The molecular formula is C21H22FN3O2. The van der Waals surface area contributed by atoms with Gasteiger partial charge < -0.3 is 14.6 Å². The Morgan fingerprint density at radius 3 is 2.81 bits per heavy atom. The number of carbonyl (C=O) groups is 1. The lowest BCUT2D eigenvalue weighted by Gasteiger charge is -2.25. The molecule has 5 nitrogen and oxygen atoms in total. The van der Waals surface area contributed by atoms with E-state index >= 15 is 0 Å². The number of fused-ring (bicyclic) bond motifs is 1. The molecule has 0 aliphatic carbocycles. The van der Waals surface area contributed by atoms with E-state index in [-0.39, 0.29) is 30.4 Å². The molecule has 1 aromatic heterocycles. The Morgan fingerprint density at radius 1 is 1.30 bits per heavy atom. The molecule has 6 heteroatoms. The van der Waals surface area contributed by atoms with Crippen LogP contribution < -0.4 is 5.32 Å². The van der Waals surface area contributed by atoms with E-state index in [1.165, 1.54) is 12.1 Å². The molecule has 2 heterocycles. The van der Waals surface area contributed by atoms with E-state index in [1.54, 1.807) is 12.1 Å². The number of nitrogens with zero attached hydrogens (tertiary/aromatic N) is 2. The van der Waals surface area contributed by atoms with Crippen LogP contribution in [0.25, 0.3) is 11.0 Å². The lowest BCUT2D eigenvalue weighted by atomic mass is 9.99. The van der Waals surface area contributed by atoms with Crippen molar-refractivity contribution in [1.82, 2.24) is 14.9 Å². The maximum atomic E-state index is 13.3. The Morgan fingerprint density at radius 2 is 2.07 bits per heavy atom. The van der Waals surface area contributed by atoms with Gasteiger partial charge in [0, 0.05) is 6.61 Å². The average Bonchev–Trinajstić information content (AvgIpc) is 3.29. The van der Waals surface area contributed by atoms with Crippen molar-refractivity contribution in [2.24, 2.45) is 0 Å². The highest BCUT2D eigenvalue weighted by atomic mass is 19.1. The van der Waals surface area contributed by atoms with Crippen LogP contribution in [0.15, 0.2) is 48.5 Å². The summed E-state index contributed by atoms with van der Waals surface area (Å²) < 4.78 is 21.0. The number of halogens is 1. The Hall–Kier alpha value is -2.73. The van der Waals surface area contributed by atoms with Crippen LogP contribution in [0.3, 0.4) is 0 Å². The fourth-order valence-corrected chi connectivity index (χ4v) is 3.68. The minimum Gasteiger partial charge on any atom is -0.376 e. The van der Waals surface area contributed by atoms with E-state index < -0.39 is 0 Å². The Kier molecular flexibility index (Phi) is 4.90. The van der Waals surface area contributed by atoms with Crippen molar-refractivity contribution in [3.8, 4) is 0 Å². The third-order valence-corrected chi connectivity index (χ3v) is 5.03. The van der Waals surface area contributed by atoms with Gasteiger partial charge in [-0.25, -0.2) is 9.37 Å². The number of amides is 1. The maximum absolute atomic E-state index is 13.3. The molecule has 1 fully saturated rings. The highest BCUT2D eigenvalue weighted by Crippen LogP contribution is 2.27. The number of benzene rings is 2. The number of hydrogen-bond donors (Lipinski definition) is 1. The predicted octanol–water partition coefficient (Wildman–Crippen LogP) is 3.52. The lowest BCUT2D eigenvalue weighted by Crippen LogP contribution is -2.38. The molecule has 1 saturated heterocycles. The third kappa shape index (κ3) is 3.71. The van der Waals surface area contributed by atoms with Gasteiger partial charge in [-0.2, -0.15) is 0 Å². The van der Waals surface area contributed by atoms with Gasteiger partial charge >= 0.3 is 0 Å². The first-order valence-corrected chi connectivity index (χ1v) is 9.20. The highest BCUT2D eigenvalue weighted by Gasteiger charge is 2.29. The van der Waals surface area contributed by atoms with Gasteiger partial charge in [0.25, 0.3) is 0 Å². The van der Waals surface area contributed by atoms with E-state index in [9.17, 15) is 9.18 Å². The molecule has 0 radical (unpaired) electrons. The lowest BCUT2D eigenvalue weighted by molar-refractivity contribution is -0.123. The van der Waals surface area contributed by atoms with Crippen LogP contribution in [0.2, 0.25) is 0 Å². The van der Waals surface area contributed by atoms with Crippen LogP contribution in [0.1, 0.15) is 30.3 Å². The van der Waals surface area contributed by atoms with E-state index in [1.807, 2.05) is 35.8 Å². The van der Waals surface area contributed by atoms with E-state index in [2.05, 4.69) is 10.3 Å². The highest BCUT2D eigenvalue weighted by molar-refractivity contribution is 5.81. The number of carbonyl (C=O) groups excluding carboxylic acids is 1. The molecule has 0 unspecified atom stereocenters. The second-order valence-corrected chi connectivity index (χ2v) is 6.88. The summed E-state index contributed by atoms with van der Waals surface area (Å²) in [6.45, 7) is 2.76. The first-order chi connectivity index (χ1) is 13.1. The molecule has 3 aromatic rings. The van der Waals surface area contributed by atoms with Crippen LogP contribution in [0.4, 0.5) is 4.39 Å². The topological polar surface area (TPSA) is 56.2 Å². The van der Waals surface area contributed by atoms with Crippen molar-refractivity contribution in [3.05, 3.63) is 65.7 Å². The quantitative estimate of drug-likeness (QED) is 0.751. The van der Waals surface area contributed by atoms with Crippen molar-refractivity contribution in [3.63, 3.8) is 0 Å². The molecule has 140 valence electrons. The zero-order valence-corrected chi connectivity index (χ0v) is 15.2. The number of rotatable bonds is 5. The zero-order valence-electron chi connectivity index (χ0n) is 15.2. The van der Waals surface area contributed by atoms with Crippen LogP contribution >= 0.6 is 0 Å². The first-order valence-electron chi connectivity index (χ1n) is 9.20. The van der Waals surface area contributed by atoms with Gasteiger partial charge in [-0.1, -0.05) is 24.3 Å². The molecular weight excluding hydrogens is 345 g/mol. The third-order valence-electron chi connectivity index (χ3n) is 5.03. The molecule has 4 rings (SSSR count). The summed E-state index contributed by atoms with van der Waals surface area (Å²) in [5.41, 5.74) is 2.65. The summed E-state index contributed by atoms with van der Waals surface area (Å²) in [6.07, 6.45) is 1.74. The number of imidazole rings is 1. The normalized spacial score (nSPS) is 17.9. The largest absolute Gasteiger partial charge is 0.376 e. The minimum absolute atomic E-state index is 0.0972. The average molecular weight is 367 g/mol. The van der Waals surface area contributed by atoms with Crippen molar-refractivity contribution in [2.75, 3.05) is 6.61 Å². The van der Waals surface area contributed by atoms with Crippen molar-refractivity contribution in [1.29, 1.82) is 0 Å². The second kappa shape index (κ2) is 7.48. The van der Waals surface area contributed by atoms with Crippen LogP contribution in [0, 0.1) is 12.7 Å². The van der Waals surface area contributed by atoms with Crippen LogP contribution in [-0.2, 0) is 16.1 Å². The molecule has 1 amide bonds. The zero-order chi connectivity index (χ0) is 18.8. The second-order valence-electron chi connectivity index (χ2n) is 6.88. The van der Waals surface area contributed by atoms with Gasteiger partial charge in [-0.3, -0.25) is 4.79 Å². The van der Waals surface area contributed by atoms with E-state index in [0.29, 0.717) is 6.61 Å². The number of ether oxygens (including phenoxy) is 1. The van der Waals surface area contributed by atoms with Crippen LogP contribution in [0.5, 0.6) is 0 Å².